The van der Waals surface area contributed by atoms with Crippen LogP contribution in [0.4, 0.5) is 10.5 Å². The summed E-state index contributed by atoms with van der Waals surface area (Å²) >= 11 is 0. The van der Waals surface area contributed by atoms with Gasteiger partial charge in [0.2, 0.25) is 10.0 Å². The highest BCUT2D eigenvalue weighted by Gasteiger charge is 2.26. The SMILES string of the molecule is COC(=O)C(CC#Cc1ccccc1)NS(=O)(=O)c1ccc(NC(=O)N2CCCC2)cc1. The number of nitrogens with zero attached hydrogens (tertiary/aromatic N) is 1. The number of hydrogen-bond donors (Lipinski definition) is 2. The number of hydrogen-bond acceptors (Lipinski definition) is 5. The number of sulfonamides is 1. The fraction of sp³-hybridized carbons (Fsp3) is 0.304. The molecule has 1 saturated heterocycles. The van der Waals surface area contributed by atoms with Crippen LogP contribution < -0.4 is 10.0 Å². The van der Waals surface area contributed by atoms with Crippen molar-refractivity contribution in [2.24, 2.45) is 0 Å². The highest BCUT2D eigenvalue weighted by molar-refractivity contribution is 7.89. The first-order chi connectivity index (χ1) is 15.4. The Hall–Kier alpha value is -3.35. The molecule has 1 unspecified atom stereocenters. The van der Waals surface area contributed by atoms with Crippen molar-refractivity contribution in [3.05, 3.63) is 60.2 Å². The Labute approximate surface area is 188 Å². The van der Waals surface area contributed by atoms with Gasteiger partial charge in [0.1, 0.15) is 6.04 Å². The van der Waals surface area contributed by atoms with Crippen LogP contribution in [-0.2, 0) is 19.6 Å². The van der Waals surface area contributed by atoms with Crippen molar-refractivity contribution in [2.75, 3.05) is 25.5 Å². The van der Waals surface area contributed by atoms with Gasteiger partial charge in [0.25, 0.3) is 0 Å². The van der Waals surface area contributed by atoms with Gasteiger partial charge in [-0.3, -0.25) is 4.79 Å². The maximum atomic E-state index is 12.8. The Morgan fingerprint density at radius 1 is 1.06 bits per heavy atom. The summed E-state index contributed by atoms with van der Waals surface area (Å²) in [6.45, 7) is 1.43. The minimum absolute atomic E-state index is 0.0402. The molecule has 1 atom stereocenters. The van der Waals surface area contributed by atoms with Gasteiger partial charge in [-0.1, -0.05) is 30.0 Å². The maximum Gasteiger partial charge on any atom is 0.324 e. The number of rotatable bonds is 6. The third-order valence-electron chi connectivity index (χ3n) is 4.90. The molecule has 0 radical (unpaired) electrons. The molecule has 1 heterocycles. The molecule has 2 aromatic carbocycles. The minimum Gasteiger partial charge on any atom is -0.468 e. The van der Waals surface area contributed by atoms with Crippen LogP contribution in [0.5, 0.6) is 0 Å². The first-order valence-corrected chi connectivity index (χ1v) is 11.7. The summed E-state index contributed by atoms with van der Waals surface area (Å²) in [5.74, 6) is 4.98. The molecule has 1 fully saturated rings. The van der Waals surface area contributed by atoms with Gasteiger partial charge >= 0.3 is 12.0 Å². The second kappa shape index (κ2) is 10.8. The van der Waals surface area contributed by atoms with Gasteiger partial charge in [0, 0.05) is 30.8 Å². The Bertz CT molecular complexity index is 1100. The quantitative estimate of drug-likeness (QED) is 0.515. The number of ether oxygens (including phenoxy) is 1. The Balaban J connectivity index is 1.67. The number of nitrogens with one attached hydrogen (secondary N) is 2. The summed E-state index contributed by atoms with van der Waals surface area (Å²) in [5.41, 5.74) is 1.24. The zero-order valence-corrected chi connectivity index (χ0v) is 18.5. The van der Waals surface area contributed by atoms with Crippen molar-refractivity contribution in [1.29, 1.82) is 0 Å². The van der Waals surface area contributed by atoms with E-state index in [9.17, 15) is 18.0 Å². The van der Waals surface area contributed by atoms with E-state index in [1.807, 2.05) is 30.3 Å². The molecule has 2 N–H and O–H groups in total. The molecule has 1 aliphatic rings. The number of methoxy groups -OCH3 is 1. The van der Waals surface area contributed by atoms with E-state index < -0.39 is 22.0 Å². The third-order valence-corrected chi connectivity index (χ3v) is 6.39. The zero-order chi connectivity index (χ0) is 23.0. The molecular weight excluding hydrogens is 430 g/mol. The standard InChI is InChI=1S/C23H25N3O5S/c1-31-22(27)21(11-7-10-18-8-3-2-4-9-18)25-32(29,30)20-14-12-19(13-15-20)24-23(28)26-16-5-6-17-26/h2-4,8-9,12-15,21,25H,5-6,11,16-17H2,1H3,(H,24,28). The highest BCUT2D eigenvalue weighted by Crippen LogP contribution is 2.17. The number of carbonyl (C=O) groups excluding carboxylic acids is 2. The fourth-order valence-corrected chi connectivity index (χ4v) is 4.37. The molecule has 8 nitrogen and oxygen atoms in total. The first kappa shape index (κ1) is 23.3. The highest BCUT2D eigenvalue weighted by atomic mass is 32.2. The number of carbonyl (C=O) groups is 2. The molecule has 0 spiro atoms. The molecule has 9 heteroatoms. The lowest BCUT2D eigenvalue weighted by atomic mass is 10.2. The van der Waals surface area contributed by atoms with Gasteiger partial charge < -0.3 is 15.0 Å². The van der Waals surface area contributed by atoms with Crippen LogP contribution in [0.1, 0.15) is 24.8 Å². The predicted molar refractivity (Wildman–Crippen MR) is 120 cm³/mol. The summed E-state index contributed by atoms with van der Waals surface area (Å²) < 4.78 is 32.6. The van der Waals surface area contributed by atoms with Gasteiger partial charge in [-0.25, -0.2) is 13.2 Å². The lowest BCUT2D eigenvalue weighted by Gasteiger charge is -2.17. The smallest absolute Gasteiger partial charge is 0.324 e. The normalized spacial score (nSPS) is 14.2. The third kappa shape index (κ3) is 6.33. The van der Waals surface area contributed by atoms with Crippen molar-refractivity contribution in [3.8, 4) is 11.8 Å². The second-order valence-corrected chi connectivity index (χ2v) is 8.93. The van der Waals surface area contributed by atoms with E-state index in [1.165, 1.54) is 31.4 Å². The van der Waals surface area contributed by atoms with Crippen LogP contribution >= 0.6 is 0 Å². The Morgan fingerprint density at radius 3 is 2.34 bits per heavy atom. The van der Waals surface area contributed by atoms with E-state index >= 15 is 0 Å². The van der Waals surface area contributed by atoms with E-state index in [0.717, 1.165) is 18.4 Å². The predicted octanol–water partition coefficient (Wildman–Crippen LogP) is 2.58. The van der Waals surface area contributed by atoms with Crippen molar-refractivity contribution in [3.63, 3.8) is 0 Å². The molecule has 2 aromatic rings. The van der Waals surface area contributed by atoms with Crippen molar-refractivity contribution < 1.29 is 22.7 Å². The summed E-state index contributed by atoms with van der Waals surface area (Å²) in [6.07, 6.45) is 1.91. The van der Waals surface area contributed by atoms with Gasteiger partial charge in [-0.05, 0) is 49.2 Å². The van der Waals surface area contributed by atoms with Gasteiger partial charge in [-0.15, -0.1) is 0 Å². The molecular formula is C23H25N3O5S. The topological polar surface area (TPSA) is 105 Å². The molecule has 0 aliphatic carbocycles. The van der Waals surface area contributed by atoms with Crippen LogP contribution in [0, 0.1) is 11.8 Å². The van der Waals surface area contributed by atoms with Gasteiger partial charge in [0.05, 0.1) is 12.0 Å². The molecule has 0 saturated carbocycles. The van der Waals surface area contributed by atoms with Crippen LogP contribution in [-0.4, -0.2) is 51.6 Å². The van der Waals surface area contributed by atoms with E-state index in [2.05, 4.69) is 21.9 Å². The number of likely N-dealkylation sites (tertiary alicyclic amines) is 1. The minimum atomic E-state index is -4.01. The molecule has 2 amide bonds. The zero-order valence-electron chi connectivity index (χ0n) is 17.7. The molecule has 3 rings (SSSR count). The maximum absolute atomic E-state index is 12.8. The Kier molecular flexibility index (Phi) is 7.87. The largest absolute Gasteiger partial charge is 0.468 e. The lowest BCUT2D eigenvalue weighted by Crippen LogP contribution is -2.41. The number of amides is 2. The van der Waals surface area contributed by atoms with E-state index in [1.54, 1.807) is 4.90 Å². The number of anilines is 1. The molecule has 1 aliphatic heterocycles. The van der Waals surface area contributed by atoms with Crippen LogP contribution in [0.3, 0.4) is 0 Å². The number of urea groups is 1. The van der Waals surface area contributed by atoms with Crippen LogP contribution in [0.2, 0.25) is 0 Å². The number of esters is 1. The molecule has 0 bridgehead atoms. The fourth-order valence-electron chi connectivity index (χ4n) is 3.19. The molecule has 168 valence electrons. The lowest BCUT2D eigenvalue weighted by molar-refractivity contribution is -0.142. The van der Waals surface area contributed by atoms with E-state index in [4.69, 9.17) is 4.74 Å². The van der Waals surface area contributed by atoms with Crippen LogP contribution in [0.15, 0.2) is 59.5 Å². The van der Waals surface area contributed by atoms with Gasteiger partial charge in [-0.2, -0.15) is 4.72 Å². The van der Waals surface area contributed by atoms with Crippen LogP contribution in [0.25, 0.3) is 0 Å². The van der Waals surface area contributed by atoms with Crippen molar-refractivity contribution >= 4 is 27.7 Å². The molecule has 0 aromatic heterocycles. The van der Waals surface area contributed by atoms with E-state index in [0.29, 0.717) is 18.8 Å². The average Bonchev–Trinajstić information content (AvgIpc) is 3.34. The summed E-state index contributed by atoms with van der Waals surface area (Å²) in [5, 5.41) is 2.75. The summed E-state index contributed by atoms with van der Waals surface area (Å²) in [6, 6.07) is 13.5. The second-order valence-electron chi connectivity index (χ2n) is 7.22. The summed E-state index contributed by atoms with van der Waals surface area (Å²) in [7, 11) is -2.83. The van der Waals surface area contributed by atoms with Crippen molar-refractivity contribution in [2.45, 2.75) is 30.2 Å². The Morgan fingerprint density at radius 2 is 1.72 bits per heavy atom. The number of benzene rings is 2. The van der Waals surface area contributed by atoms with Gasteiger partial charge in [0.15, 0.2) is 0 Å². The monoisotopic (exact) mass is 455 g/mol. The first-order valence-electron chi connectivity index (χ1n) is 10.2. The summed E-state index contributed by atoms with van der Waals surface area (Å²) in [4.78, 5) is 25.9. The van der Waals surface area contributed by atoms with E-state index in [-0.39, 0.29) is 17.3 Å². The molecule has 32 heavy (non-hydrogen) atoms. The average molecular weight is 456 g/mol. The van der Waals surface area contributed by atoms with Crippen molar-refractivity contribution in [1.82, 2.24) is 9.62 Å².